The summed E-state index contributed by atoms with van der Waals surface area (Å²) in [5, 5.41) is 0. The monoisotopic (exact) mass is 463 g/mol. The van der Waals surface area contributed by atoms with Crippen molar-refractivity contribution < 1.29 is 17.9 Å². The first-order valence-electron chi connectivity index (χ1n) is 12.0. The number of anilines is 1. The molecule has 4 rings (SSSR count). The number of hydrogen-bond acceptors (Lipinski definition) is 6. The molecule has 1 atom stereocenters. The summed E-state index contributed by atoms with van der Waals surface area (Å²) < 4.78 is 32.0. The Balaban J connectivity index is 1.22. The maximum atomic E-state index is 12.7. The number of aryl methyl sites for hydroxylation is 1. The lowest BCUT2D eigenvalue weighted by molar-refractivity contribution is -0.150. The molecule has 32 heavy (non-hydrogen) atoms. The van der Waals surface area contributed by atoms with Crippen molar-refractivity contribution in [3.63, 3.8) is 0 Å². The molecule has 1 spiro atoms. The zero-order valence-electron chi connectivity index (χ0n) is 19.5. The van der Waals surface area contributed by atoms with Crippen molar-refractivity contribution in [3.8, 4) is 0 Å². The molecule has 0 aliphatic carbocycles. The molecule has 1 unspecified atom stereocenters. The lowest BCUT2D eigenvalue weighted by Gasteiger charge is -2.36. The smallest absolute Gasteiger partial charge is 0.312 e. The molecule has 0 aromatic heterocycles. The summed E-state index contributed by atoms with van der Waals surface area (Å²) in [6, 6.07) is 8.72. The number of ether oxygens (including phenoxy) is 1. The summed E-state index contributed by atoms with van der Waals surface area (Å²) in [6.45, 7) is 9.86. The summed E-state index contributed by atoms with van der Waals surface area (Å²) >= 11 is 0. The van der Waals surface area contributed by atoms with Crippen LogP contribution < -0.4 is 4.90 Å². The van der Waals surface area contributed by atoms with Gasteiger partial charge in [0.1, 0.15) is 6.10 Å². The number of carbonyl (C=O) groups is 1. The van der Waals surface area contributed by atoms with Crippen LogP contribution in [0.1, 0.15) is 44.6 Å². The van der Waals surface area contributed by atoms with Gasteiger partial charge in [0.2, 0.25) is 10.0 Å². The van der Waals surface area contributed by atoms with Gasteiger partial charge in [-0.2, -0.15) is 0 Å². The lowest BCUT2D eigenvalue weighted by atomic mass is 9.76. The van der Waals surface area contributed by atoms with Crippen LogP contribution in [0, 0.1) is 12.3 Å². The fourth-order valence-electron chi connectivity index (χ4n) is 5.30. The van der Waals surface area contributed by atoms with Gasteiger partial charge in [0.15, 0.2) is 0 Å². The minimum Gasteiger partial charge on any atom is -0.462 e. The molecule has 7 nitrogen and oxygen atoms in total. The van der Waals surface area contributed by atoms with Gasteiger partial charge in [-0.05, 0) is 44.7 Å². The van der Waals surface area contributed by atoms with Gasteiger partial charge in [-0.3, -0.25) is 9.69 Å². The highest BCUT2D eigenvalue weighted by molar-refractivity contribution is 7.89. The van der Waals surface area contributed by atoms with Crippen LogP contribution in [0.3, 0.4) is 0 Å². The molecular formula is C24H37N3O4S. The maximum Gasteiger partial charge on any atom is 0.312 e. The third kappa shape index (κ3) is 5.13. The highest BCUT2D eigenvalue weighted by Gasteiger charge is 2.51. The van der Waals surface area contributed by atoms with Gasteiger partial charge in [-0.15, -0.1) is 0 Å². The molecule has 3 saturated heterocycles. The number of sulfonamides is 1. The maximum absolute atomic E-state index is 12.7. The number of hydrogen-bond donors (Lipinski definition) is 0. The van der Waals surface area contributed by atoms with E-state index >= 15 is 0 Å². The highest BCUT2D eigenvalue weighted by atomic mass is 32.2. The number of carbonyl (C=O) groups excluding carboxylic acids is 1. The first-order chi connectivity index (χ1) is 15.3. The summed E-state index contributed by atoms with van der Waals surface area (Å²) in [7, 11) is -3.19. The van der Waals surface area contributed by atoms with Crippen LogP contribution in [0.15, 0.2) is 24.3 Å². The fourth-order valence-corrected chi connectivity index (χ4v) is 6.81. The normalized spacial score (nSPS) is 24.8. The topological polar surface area (TPSA) is 70.2 Å². The van der Waals surface area contributed by atoms with E-state index in [2.05, 4.69) is 41.0 Å². The number of piperidine rings is 1. The van der Waals surface area contributed by atoms with E-state index < -0.39 is 15.4 Å². The Labute approximate surface area is 192 Å². The van der Waals surface area contributed by atoms with Crippen LogP contribution in [-0.2, 0) is 19.6 Å². The summed E-state index contributed by atoms with van der Waals surface area (Å²) in [5.41, 5.74) is 2.09. The predicted molar refractivity (Wildman–Crippen MR) is 126 cm³/mol. The number of benzene rings is 1. The van der Waals surface area contributed by atoms with Crippen molar-refractivity contribution in [1.82, 2.24) is 9.21 Å². The van der Waals surface area contributed by atoms with Gasteiger partial charge >= 0.3 is 5.97 Å². The van der Waals surface area contributed by atoms with E-state index in [1.54, 1.807) is 4.31 Å². The van der Waals surface area contributed by atoms with Crippen molar-refractivity contribution in [2.24, 2.45) is 5.41 Å². The van der Waals surface area contributed by atoms with Gasteiger partial charge < -0.3 is 9.64 Å². The van der Waals surface area contributed by atoms with E-state index in [0.29, 0.717) is 32.4 Å². The number of nitrogens with zero attached hydrogens (tertiary/aromatic N) is 3. The Hall–Kier alpha value is -1.64. The van der Waals surface area contributed by atoms with Gasteiger partial charge in [-0.25, -0.2) is 12.7 Å². The largest absolute Gasteiger partial charge is 0.462 e. The van der Waals surface area contributed by atoms with Crippen LogP contribution in [0.4, 0.5) is 5.69 Å². The van der Waals surface area contributed by atoms with E-state index in [0.717, 1.165) is 45.6 Å². The molecule has 178 valence electrons. The Bertz CT molecular complexity index is 886. The zero-order valence-corrected chi connectivity index (χ0v) is 20.3. The van der Waals surface area contributed by atoms with Crippen LogP contribution in [-0.4, -0.2) is 81.3 Å². The standard InChI is InChI=1S/C24H37N3O4S/c1-3-18-32(29,30)27-12-9-24(10-13-27)19-22(31-23(24)28)8-11-25-14-16-26(17-15-25)21-6-4-20(2)5-7-21/h4-7,22H,3,8-19H2,1-2H3. The molecule has 1 aromatic carbocycles. The minimum absolute atomic E-state index is 0.0450. The van der Waals surface area contributed by atoms with Gasteiger partial charge in [0.25, 0.3) is 0 Å². The van der Waals surface area contributed by atoms with Gasteiger partial charge in [0.05, 0.1) is 11.2 Å². The molecule has 3 aliphatic rings. The van der Waals surface area contributed by atoms with E-state index in [4.69, 9.17) is 4.74 Å². The summed E-state index contributed by atoms with van der Waals surface area (Å²) in [5.74, 6) is 0.0729. The second kappa shape index (κ2) is 9.69. The minimum atomic E-state index is -3.19. The Morgan fingerprint density at radius 1 is 1.03 bits per heavy atom. The van der Waals surface area contributed by atoms with E-state index in [1.165, 1.54) is 11.3 Å². The quantitative estimate of drug-likeness (QED) is 0.579. The van der Waals surface area contributed by atoms with Crippen molar-refractivity contribution in [1.29, 1.82) is 0 Å². The molecule has 0 saturated carbocycles. The molecule has 0 radical (unpaired) electrons. The van der Waals surface area contributed by atoms with Crippen molar-refractivity contribution >= 4 is 21.7 Å². The van der Waals surface area contributed by atoms with E-state index in [9.17, 15) is 13.2 Å². The fraction of sp³-hybridized carbons (Fsp3) is 0.708. The molecule has 3 aliphatic heterocycles. The molecular weight excluding hydrogens is 426 g/mol. The first-order valence-corrected chi connectivity index (χ1v) is 13.7. The van der Waals surface area contributed by atoms with Crippen LogP contribution in [0.5, 0.6) is 0 Å². The molecule has 0 bridgehead atoms. The average molecular weight is 464 g/mol. The molecule has 3 fully saturated rings. The highest BCUT2D eigenvalue weighted by Crippen LogP contribution is 2.44. The predicted octanol–water partition coefficient (Wildman–Crippen LogP) is 2.64. The molecule has 0 N–H and O–H groups in total. The third-order valence-electron chi connectivity index (χ3n) is 7.40. The van der Waals surface area contributed by atoms with Gasteiger partial charge in [-0.1, -0.05) is 24.6 Å². The number of cyclic esters (lactones) is 1. The van der Waals surface area contributed by atoms with Crippen LogP contribution >= 0.6 is 0 Å². The number of esters is 1. The lowest BCUT2D eigenvalue weighted by Crippen LogP contribution is -2.47. The van der Waals surface area contributed by atoms with Crippen LogP contribution in [0.25, 0.3) is 0 Å². The second-order valence-corrected chi connectivity index (χ2v) is 11.8. The SMILES string of the molecule is CCCS(=O)(=O)N1CCC2(CC1)CC(CCN1CCN(c3ccc(C)cc3)CC1)OC2=O. The molecule has 8 heteroatoms. The number of piperazine rings is 1. The molecule has 0 amide bonds. The Kier molecular flexibility index (Phi) is 7.12. The first kappa shape index (κ1) is 23.5. The van der Waals surface area contributed by atoms with E-state index in [-0.39, 0.29) is 17.8 Å². The van der Waals surface area contributed by atoms with Crippen molar-refractivity contribution in [2.75, 3.05) is 56.5 Å². The van der Waals surface area contributed by atoms with Crippen LogP contribution in [0.2, 0.25) is 0 Å². The number of rotatable bonds is 7. The van der Waals surface area contributed by atoms with Gasteiger partial charge in [0, 0.05) is 57.9 Å². The second-order valence-electron chi connectivity index (χ2n) is 9.68. The third-order valence-corrected chi connectivity index (χ3v) is 9.47. The average Bonchev–Trinajstić information content (AvgIpc) is 3.08. The van der Waals surface area contributed by atoms with Crippen molar-refractivity contribution in [3.05, 3.63) is 29.8 Å². The Morgan fingerprint density at radius 2 is 1.69 bits per heavy atom. The molecule has 3 heterocycles. The van der Waals surface area contributed by atoms with E-state index in [1.807, 2.05) is 6.92 Å². The summed E-state index contributed by atoms with van der Waals surface area (Å²) in [6.07, 6.45) is 3.33. The summed E-state index contributed by atoms with van der Waals surface area (Å²) in [4.78, 5) is 17.6. The Morgan fingerprint density at radius 3 is 2.31 bits per heavy atom. The molecule has 1 aromatic rings. The zero-order chi connectivity index (χ0) is 22.8. The van der Waals surface area contributed by atoms with Crippen molar-refractivity contribution in [2.45, 2.75) is 52.1 Å².